The minimum Gasteiger partial charge on any atom is -0.353 e. The Labute approximate surface area is 128 Å². The van der Waals surface area contributed by atoms with Crippen LogP contribution in [-0.4, -0.2) is 49.1 Å². The minimum absolute atomic E-state index is 0.0161. The Morgan fingerprint density at radius 2 is 1.71 bits per heavy atom. The van der Waals surface area contributed by atoms with Crippen LogP contribution in [0.4, 0.5) is 0 Å². The molecule has 1 aliphatic heterocycles. The third kappa shape index (κ3) is 4.17. The molecule has 6 nitrogen and oxygen atoms in total. The number of rotatable bonds is 5. The van der Waals surface area contributed by atoms with Gasteiger partial charge >= 0.3 is 0 Å². The second-order valence-corrected chi connectivity index (χ2v) is 9.15. The lowest BCUT2D eigenvalue weighted by Gasteiger charge is -2.39. The predicted octanol–water partition coefficient (Wildman–Crippen LogP) is 0.680. The third-order valence-electron chi connectivity index (χ3n) is 4.73. The summed E-state index contributed by atoms with van der Waals surface area (Å²) in [5, 5.41) is 3.02. The van der Waals surface area contributed by atoms with E-state index in [9.17, 15) is 13.2 Å². The van der Waals surface area contributed by atoms with Gasteiger partial charge in [-0.25, -0.2) is 12.7 Å². The molecule has 1 aliphatic rings. The second kappa shape index (κ2) is 6.22. The van der Waals surface area contributed by atoms with Crippen molar-refractivity contribution in [3.63, 3.8) is 0 Å². The SMILES string of the molecule is CCS(=O)(=O)N1CCC(NC(=O)C(C)(C)C(C)(C)N)CC1. The molecule has 1 amide bonds. The van der Waals surface area contributed by atoms with E-state index in [4.69, 9.17) is 5.73 Å². The normalized spacial score (nSPS) is 19.5. The molecule has 21 heavy (non-hydrogen) atoms. The zero-order chi connectivity index (χ0) is 16.5. The number of hydrogen-bond donors (Lipinski definition) is 2. The molecule has 3 N–H and O–H groups in total. The van der Waals surface area contributed by atoms with Crippen LogP contribution in [0.3, 0.4) is 0 Å². The summed E-state index contributed by atoms with van der Waals surface area (Å²) >= 11 is 0. The van der Waals surface area contributed by atoms with E-state index in [0.29, 0.717) is 25.9 Å². The molecule has 0 radical (unpaired) electrons. The van der Waals surface area contributed by atoms with E-state index < -0.39 is 21.0 Å². The van der Waals surface area contributed by atoms with Gasteiger partial charge in [-0.15, -0.1) is 0 Å². The molecular formula is C14H29N3O3S. The summed E-state index contributed by atoms with van der Waals surface area (Å²) in [6.45, 7) is 9.92. The fourth-order valence-electron chi connectivity index (χ4n) is 2.12. The number of nitrogens with one attached hydrogen (secondary N) is 1. The molecule has 1 heterocycles. The van der Waals surface area contributed by atoms with Crippen molar-refractivity contribution < 1.29 is 13.2 Å². The van der Waals surface area contributed by atoms with Gasteiger partial charge in [0.15, 0.2) is 0 Å². The number of nitrogens with zero attached hydrogens (tertiary/aromatic N) is 1. The number of hydrogen-bond acceptors (Lipinski definition) is 4. The molecule has 124 valence electrons. The Morgan fingerprint density at radius 1 is 1.24 bits per heavy atom. The first kappa shape index (κ1) is 18.4. The van der Waals surface area contributed by atoms with Gasteiger partial charge in [0.1, 0.15) is 0 Å². The first-order valence-corrected chi connectivity index (χ1v) is 9.10. The Bertz CT molecular complexity index is 472. The molecule has 1 rings (SSSR count). The average molecular weight is 319 g/mol. The molecule has 1 fully saturated rings. The van der Waals surface area contributed by atoms with Crippen LogP contribution in [0.2, 0.25) is 0 Å². The van der Waals surface area contributed by atoms with Crippen LogP contribution in [0.5, 0.6) is 0 Å². The first-order valence-electron chi connectivity index (χ1n) is 7.49. The summed E-state index contributed by atoms with van der Waals surface area (Å²) in [6.07, 6.45) is 1.29. The molecule has 0 aromatic heterocycles. The lowest BCUT2D eigenvalue weighted by molar-refractivity contribution is -0.133. The van der Waals surface area contributed by atoms with Gasteiger partial charge in [-0.05, 0) is 47.5 Å². The van der Waals surface area contributed by atoms with Crippen LogP contribution in [0, 0.1) is 5.41 Å². The predicted molar refractivity (Wildman–Crippen MR) is 84.2 cm³/mol. The van der Waals surface area contributed by atoms with E-state index in [1.165, 1.54) is 4.31 Å². The molecule has 0 aliphatic carbocycles. The summed E-state index contributed by atoms with van der Waals surface area (Å²) in [5.41, 5.74) is 4.77. The van der Waals surface area contributed by atoms with Crippen molar-refractivity contribution in [2.75, 3.05) is 18.8 Å². The Balaban J connectivity index is 2.60. The second-order valence-electron chi connectivity index (χ2n) is 6.89. The van der Waals surface area contributed by atoms with Crippen molar-refractivity contribution >= 4 is 15.9 Å². The van der Waals surface area contributed by atoms with Crippen LogP contribution < -0.4 is 11.1 Å². The van der Waals surface area contributed by atoms with Gasteiger partial charge in [0, 0.05) is 24.7 Å². The Hall–Kier alpha value is -0.660. The fourth-order valence-corrected chi connectivity index (χ4v) is 3.25. The van der Waals surface area contributed by atoms with Gasteiger partial charge in [0.2, 0.25) is 15.9 Å². The monoisotopic (exact) mass is 319 g/mol. The van der Waals surface area contributed by atoms with Gasteiger partial charge in [-0.2, -0.15) is 0 Å². The molecule has 0 aromatic rings. The standard InChI is InChI=1S/C14H29N3O3S/c1-6-21(19,20)17-9-7-11(8-10-17)16-12(18)13(2,3)14(4,5)15/h11H,6-10,15H2,1-5H3,(H,16,18). The number of nitrogens with two attached hydrogens (primary N) is 1. The molecule has 0 bridgehead atoms. The van der Waals surface area contributed by atoms with Crippen molar-refractivity contribution in [2.45, 2.75) is 59.0 Å². The lowest BCUT2D eigenvalue weighted by atomic mass is 9.74. The van der Waals surface area contributed by atoms with E-state index in [2.05, 4.69) is 5.32 Å². The molecule has 0 atom stereocenters. The number of piperidine rings is 1. The van der Waals surface area contributed by atoms with Crippen LogP contribution in [0.15, 0.2) is 0 Å². The summed E-state index contributed by atoms with van der Waals surface area (Å²) in [7, 11) is -3.12. The highest BCUT2D eigenvalue weighted by molar-refractivity contribution is 7.89. The highest BCUT2D eigenvalue weighted by Crippen LogP contribution is 2.29. The number of carbonyl (C=O) groups is 1. The van der Waals surface area contributed by atoms with Gasteiger partial charge in [-0.3, -0.25) is 4.79 Å². The molecule has 1 saturated heterocycles. The maximum atomic E-state index is 12.4. The Kier molecular flexibility index (Phi) is 5.45. The van der Waals surface area contributed by atoms with Crippen LogP contribution in [0.25, 0.3) is 0 Å². The van der Waals surface area contributed by atoms with Gasteiger partial charge < -0.3 is 11.1 Å². The molecule has 0 saturated carbocycles. The molecule has 0 spiro atoms. The van der Waals surface area contributed by atoms with Crippen LogP contribution in [-0.2, 0) is 14.8 Å². The maximum Gasteiger partial charge on any atom is 0.227 e. The van der Waals surface area contributed by atoms with Gasteiger partial charge in [0.05, 0.1) is 11.2 Å². The first-order chi connectivity index (χ1) is 9.41. The molecule has 7 heteroatoms. The van der Waals surface area contributed by atoms with Crippen molar-refractivity contribution in [1.29, 1.82) is 0 Å². The number of amides is 1. The van der Waals surface area contributed by atoms with E-state index in [0.717, 1.165) is 0 Å². The number of carbonyl (C=O) groups excluding carboxylic acids is 1. The zero-order valence-electron chi connectivity index (χ0n) is 13.8. The highest BCUT2D eigenvalue weighted by atomic mass is 32.2. The van der Waals surface area contributed by atoms with E-state index in [1.807, 2.05) is 27.7 Å². The van der Waals surface area contributed by atoms with Crippen LogP contribution >= 0.6 is 0 Å². The fraction of sp³-hybridized carbons (Fsp3) is 0.929. The summed E-state index contributed by atoms with van der Waals surface area (Å²) in [4.78, 5) is 12.4. The largest absolute Gasteiger partial charge is 0.353 e. The van der Waals surface area contributed by atoms with Gasteiger partial charge in [-0.1, -0.05) is 0 Å². The summed E-state index contributed by atoms with van der Waals surface area (Å²) in [6, 6.07) is 0.0161. The van der Waals surface area contributed by atoms with E-state index >= 15 is 0 Å². The van der Waals surface area contributed by atoms with E-state index in [1.54, 1.807) is 6.92 Å². The molecule has 0 aromatic carbocycles. The topological polar surface area (TPSA) is 92.5 Å². The van der Waals surface area contributed by atoms with Crippen molar-refractivity contribution in [1.82, 2.24) is 9.62 Å². The Morgan fingerprint density at radius 3 is 2.10 bits per heavy atom. The van der Waals surface area contributed by atoms with Crippen molar-refractivity contribution in [3.05, 3.63) is 0 Å². The maximum absolute atomic E-state index is 12.4. The average Bonchev–Trinajstić information content (AvgIpc) is 2.38. The zero-order valence-corrected chi connectivity index (χ0v) is 14.6. The quantitative estimate of drug-likeness (QED) is 0.779. The van der Waals surface area contributed by atoms with E-state index in [-0.39, 0.29) is 17.7 Å². The third-order valence-corrected chi connectivity index (χ3v) is 6.61. The molecule has 0 unspecified atom stereocenters. The summed E-state index contributed by atoms with van der Waals surface area (Å²) < 4.78 is 25.1. The van der Waals surface area contributed by atoms with Crippen molar-refractivity contribution in [3.8, 4) is 0 Å². The van der Waals surface area contributed by atoms with Gasteiger partial charge in [0.25, 0.3) is 0 Å². The lowest BCUT2D eigenvalue weighted by Crippen LogP contribution is -2.58. The molecular weight excluding hydrogens is 290 g/mol. The number of sulfonamides is 1. The smallest absolute Gasteiger partial charge is 0.227 e. The van der Waals surface area contributed by atoms with Crippen molar-refractivity contribution in [2.24, 2.45) is 11.1 Å². The summed E-state index contributed by atoms with van der Waals surface area (Å²) in [5.74, 6) is 0.0464. The highest BCUT2D eigenvalue weighted by Gasteiger charge is 2.41. The minimum atomic E-state index is -3.12. The van der Waals surface area contributed by atoms with Crippen LogP contribution in [0.1, 0.15) is 47.5 Å².